The van der Waals surface area contributed by atoms with E-state index in [1.807, 2.05) is 10.7 Å². The SMILES string of the molecule is CC1(C)c2ccccc2-c2cc3c(cc21)c1ccccc1n3-c1cccn2nc3ccccc3c12. The minimum absolute atomic E-state index is 0.0228. The van der Waals surface area contributed by atoms with Crippen molar-refractivity contribution >= 4 is 38.2 Å². The molecular weight excluding hydrogens is 426 g/mol. The number of para-hydroxylation sites is 1. The van der Waals surface area contributed by atoms with Crippen LogP contribution in [0.15, 0.2) is 103 Å². The summed E-state index contributed by atoms with van der Waals surface area (Å²) in [6.45, 7) is 4.70. The van der Waals surface area contributed by atoms with Gasteiger partial charge in [-0.15, -0.1) is 0 Å². The molecule has 4 aromatic carbocycles. The van der Waals surface area contributed by atoms with E-state index in [1.165, 1.54) is 49.4 Å². The molecule has 0 fully saturated rings. The molecule has 0 aliphatic heterocycles. The molecule has 8 rings (SSSR count). The van der Waals surface area contributed by atoms with Gasteiger partial charge in [-0.25, -0.2) is 4.52 Å². The van der Waals surface area contributed by atoms with Crippen LogP contribution < -0.4 is 0 Å². The third-order valence-electron chi connectivity index (χ3n) is 7.94. The zero-order valence-corrected chi connectivity index (χ0v) is 19.7. The Labute approximate surface area is 202 Å². The van der Waals surface area contributed by atoms with Crippen molar-refractivity contribution in [3.05, 3.63) is 114 Å². The summed E-state index contributed by atoms with van der Waals surface area (Å²) in [5.41, 5.74) is 11.2. The predicted octanol–water partition coefficient (Wildman–Crippen LogP) is 7.89. The summed E-state index contributed by atoms with van der Waals surface area (Å²) < 4.78 is 4.45. The first-order chi connectivity index (χ1) is 17.1. The average molecular weight is 450 g/mol. The fourth-order valence-electron chi connectivity index (χ4n) is 6.31. The van der Waals surface area contributed by atoms with Crippen LogP contribution in [-0.2, 0) is 5.41 Å². The lowest BCUT2D eigenvalue weighted by molar-refractivity contribution is 0.661. The average Bonchev–Trinajstić information content (AvgIpc) is 3.50. The summed E-state index contributed by atoms with van der Waals surface area (Å²) in [6.07, 6.45) is 2.04. The van der Waals surface area contributed by atoms with Gasteiger partial charge in [0.1, 0.15) is 0 Å². The molecule has 3 nitrogen and oxygen atoms in total. The molecule has 1 aliphatic rings. The van der Waals surface area contributed by atoms with Crippen molar-refractivity contribution in [2.45, 2.75) is 19.3 Å². The van der Waals surface area contributed by atoms with Crippen LogP contribution in [0.3, 0.4) is 0 Å². The van der Waals surface area contributed by atoms with Gasteiger partial charge in [-0.3, -0.25) is 0 Å². The van der Waals surface area contributed by atoms with Crippen LogP contribution in [0.1, 0.15) is 25.0 Å². The molecule has 1 aliphatic carbocycles. The maximum absolute atomic E-state index is 4.86. The molecule has 35 heavy (non-hydrogen) atoms. The van der Waals surface area contributed by atoms with Gasteiger partial charge in [0.15, 0.2) is 0 Å². The molecule has 0 amide bonds. The maximum Gasteiger partial charge on any atom is 0.0980 e. The fraction of sp³-hybridized carbons (Fsp3) is 0.0938. The van der Waals surface area contributed by atoms with Gasteiger partial charge < -0.3 is 4.57 Å². The van der Waals surface area contributed by atoms with Crippen molar-refractivity contribution < 1.29 is 0 Å². The number of benzene rings is 4. The minimum Gasteiger partial charge on any atom is -0.307 e. The highest BCUT2D eigenvalue weighted by atomic mass is 15.2. The number of rotatable bonds is 1. The molecule has 166 valence electrons. The van der Waals surface area contributed by atoms with Crippen molar-refractivity contribution in [1.82, 2.24) is 14.2 Å². The topological polar surface area (TPSA) is 22.2 Å². The Morgan fingerprint density at radius 2 is 1.40 bits per heavy atom. The standard InChI is InChI=1S/C32H23N3/c1-32(2)25-13-6-3-10-20(25)23-19-30-24(18-26(23)32)21-11-5-8-15-28(21)35(30)29-16-9-17-34-31(29)22-12-4-7-14-27(22)33-34/h3-19H,1-2H3. The smallest absolute Gasteiger partial charge is 0.0980 e. The van der Waals surface area contributed by atoms with E-state index >= 15 is 0 Å². The van der Waals surface area contributed by atoms with E-state index in [-0.39, 0.29) is 5.41 Å². The summed E-state index contributed by atoms with van der Waals surface area (Å²) in [5, 5.41) is 8.60. The second kappa shape index (κ2) is 6.39. The van der Waals surface area contributed by atoms with Crippen LogP contribution in [0, 0.1) is 0 Å². The highest BCUT2D eigenvalue weighted by Crippen LogP contribution is 2.51. The number of nitrogens with zero attached hydrogens (tertiary/aromatic N) is 3. The quantitative estimate of drug-likeness (QED) is 0.250. The van der Waals surface area contributed by atoms with Crippen LogP contribution in [0.2, 0.25) is 0 Å². The Bertz CT molecular complexity index is 1980. The molecule has 0 bridgehead atoms. The van der Waals surface area contributed by atoms with Gasteiger partial charge in [0.2, 0.25) is 0 Å². The van der Waals surface area contributed by atoms with E-state index in [9.17, 15) is 0 Å². The van der Waals surface area contributed by atoms with Crippen LogP contribution in [0.4, 0.5) is 0 Å². The highest BCUT2D eigenvalue weighted by Gasteiger charge is 2.36. The number of hydrogen-bond donors (Lipinski definition) is 0. The van der Waals surface area contributed by atoms with Crippen molar-refractivity contribution in [3.8, 4) is 16.8 Å². The van der Waals surface area contributed by atoms with Gasteiger partial charge >= 0.3 is 0 Å². The van der Waals surface area contributed by atoms with E-state index in [0.717, 1.165) is 16.7 Å². The van der Waals surface area contributed by atoms with E-state index in [0.29, 0.717) is 0 Å². The largest absolute Gasteiger partial charge is 0.307 e. The molecule has 3 heteroatoms. The zero-order valence-electron chi connectivity index (χ0n) is 19.7. The van der Waals surface area contributed by atoms with Gasteiger partial charge in [-0.1, -0.05) is 74.5 Å². The van der Waals surface area contributed by atoms with Gasteiger partial charge in [0.25, 0.3) is 0 Å². The normalized spacial score (nSPS) is 14.2. The Morgan fingerprint density at radius 3 is 2.31 bits per heavy atom. The predicted molar refractivity (Wildman–Crippen MR) is 145 cm³/mol. The van der Waals surface area contributed by atoms with Crippen molar-refractivity contribution in [2.24, 2.45) is 0 Å². The van der Waals surface area contributed by atoms with E-state index in [4.69, 9.17) is 5.10 Å². The van der Waals surface area contributed by atoms with Crippen LogP contribution in [0.5, 0.6) is 0 Å². The Kier molecular flexibility index (Phi) is 3.47. The molecular formula is C32H23N3. The van der Waals surface area contributed by atoms with E-state index < -0.39 is 0 Å². The molecule has 3 heterocycles. The zero-order chi connectivity index (χ0) is 23.3. The molecule has 0 saturated carbocycles. The summed E-state index contributed by atoms with van der Waals surface area (Å²) in [5.74, 6) is 0. The van der Waals surface area contributed by atoms with Gasteiger partial charge in [-0.2, -0.15) is 5.10 Å². The van der Waals surface area contributed by atoms with E-state index in [2.05, 4.69) is 115 Å². The first-order valence-corrected chi connectivity index (χ1v) is 12.2. The maximum atomic E-state index is 4.86. The first-order valence-electron chi connectivity index (χ1n) is 12.2. The van der Waals surface area contributed by atoms with Crippen molar-refractivity contribution in [2.75, 3.05) is 0 Å². The summed E-state index contributed by atoms with van der Waals surface area (Å²) in [6, 6.07) is 35.2. The molecule has 3 aromatic heterocycles. The van der Waals surface area contributed by atoms with Crippen LogP contribution in [0.25, 0.3) is 55.0 Å². The lowest BCUT2D eigenvalue weighted by Gasteiger charge is -2.21. The summed E-state index contributed by atoms with van der Waals surface area (Å²) >= 11 is 0. The summed E-state index contributed by atoms with van der Waals surface area (Å²) in [7, 11) is 0. The minimum atomic E-state index is -0.0228. The molecule has 0 N–H and O–H groups in total. The number of fused-ring (bicyclic) bond motifs is 9. The third kappa shape index (κ3) is 2.33. The van der Waals surface area contributed by atoms with Crippen molar-refractivity contribution in [1.29, 1.82) is 0 Å². The molecule has 0 atom stereocenters. The molecule has 0 unspecified atom stereocenters. The van der Waals surface area contributed by atoms with Gasteiger partial charge in [0, 0.05) is 27.8 Å². The fourth-order valence-corrected chi connectivity index (χ4v) is 6.31. The molecule has 7 aromatic rings. The Hall–Kier alpha value is -4.37. The van der Waals surface area contributed by atoms with Crippen molar-refractivity contribution in [3.63, 3.8) is 0 Å². The summed E-state index contributed by atoms with van der Waals surface area (Å²) in [4.78, 5) is 0. The second-order valence-corrected chi connectivity index (χ2v) is 10.1. The third-order valence-corrected chi connectivity index (χ3v) is 7.94. The molecule has 0 spiro atoms. The van der Waals surface area contributed by atoms with E-state index in [1.54, 1.807) is 0 Å². The highest BCUT2D eigenvalue weighted by molar-refractivity contribution is 6.12. The first kappa shape index (κ1) is 19.0. The lowest BCUT2D eigenvalue weighted by Crippen LogP contribution is -2.14. The number of hydrogen-bond acceptors (Lipinski definition) is 1. The Morgan fingerprint density at radius 1 is 0.629 bits per heavy atom. The van der Waals surface area contributed by atoms with Crippen LogP contribution in [-0.4, -0.2) is 14.2 Å². The monoisotopic (exact) mass is 449 g/mol. The second-order valence-electron chi connectivity index (χ2n) is 10.1. The van der Waals surface area contributed by atoms with Gasteiger partial charge in [-0.05, 0) is 58.7 Å². The molecule has 0 radical (unpaired) electrons. The van der Waals surface area contributed by atoms with Gasteiger partial charge in [0.05, 0.1) is 27.8 Å². The molecule has 0 saturated heterocycles. The Balaban J connectivity index is 1.56. The lowest BCUT2D eigenvalue weighted by atomic mass is 9.82. The van der Waals surface area contributed by atoms with Crippen LogP contribution >= 0.6 is 0 Å². The number of aromatic nitrogens is 3. The number of pyridine rings is 1.